The molecule has 1 amide bonds. The first kappa shape index (κ1) is 26.7. The number of pyridine rings is 1. The molecule has 0 atom stereocenters. The third kappa shape index (κ3) is 6.01. The minimum atomic E-state index is -3.89. The van der Waals surface area contributed by atoms with Crippen LogP contribution in [0.15, 0.2) is 48.7 Å². The van der Waals surface area contributed by atoms with Crippen LogP contribution in [0.4, 0.5) is 20.2 Å². The van der Waals surface area contributed by atoms with E-state index in [-0.39, 0.29) is 23.0 Å². The van der Waals surface area contributed by atoms with Gasteiger partial charge in [-0.15, -0.1) is 0 Å². The summed E-state index contributed by atoms with van der Waals surface area (Å²) in [6.07, 6.45) is 1.44. The second-order valence-corrected chi connectivity index (χ2v) is 10.1. The second-order valence-electron chi connectivity index (χ2n) is 7.34. The maximum atomic E-state index is 14.7. The Bertz CT molecular complexity index is 1340. The number of halogens is 4. The zero-order valence-electron chi connectivity index (χ0n) is 18.7. The third-order valence-electron chi connectivity index (χ3n) is 4.95. The van der Waals surface area contributed by atoms with E-state index in [0.29, 0.717) is 17.7 Å². The Morgan fingerprint density at radius 2 is 1.80 bits per heavy atom. The number of anilines is 2. The molecule has 0 saturated carbocycles. The van der Waals surface area contributed by atoms with Crippen LogP contribution in [0.25, 0.3) is 0 Å². The lowest BCUT2D eigenvalue weighted by atomic mass is 10.2. The van der Waals surface area contributed by atoms with Gasteiger partial charge in [0.1, 0.15) is 11.6 Å². The Morgan fingerprint density at radius 3 is 2.43 bits per heavy atom. The number of methoxy groups -OCH3 is 1. The molecule has 7 nitrogen and oxygen atoms in total. The van der Waals surface area contributed by atoms with Gasteiger partial charge in [0.05, 0.1) is 41.4 Å². The second kappa shape index (κ2) is 11.2. The third-order valence-corrected chi connectivity index (χ3v) is 7.52. The lowest BCUT2D eigenvalue weighted by molar-refractivity contribution is 0.102. The van der Waals surface area contributed by atoms with E-state index in [1.54, 1.807) is 31.2 Å². The van der Waals surface area contributed by atoms with Crippen LogP contribution in [0.3, 0.4) is 0 Å². The molecule has 3 rings (SSSR count). The number of hydrogen-bond acceptors (Lipinski definition) is 5. The summed E-state index contributed by atoms with van der Waals surface area (Å²) in [6.45, 7) is 1.59. The molecule has 1 heterocycles. The lowest BCUT2D eigenvalue weighted by Crippen LogP contribution is -2.33. The molecule has 0 aliphatic carbocycles. The van der Waals surface area contributed by atoms with Crippen LogP contribution in [0.5, 0.6) is 5.75 Å². The highest BCUT2D eigenvalue weighted by Crippen LogP contribution is 2.38. The lowest BCUT2D eigenvalue weighted by Gasteiger charge is -2.26. The molecule has 12 heteroatoms. The molecule has 186 valence electrons. The number of aromatic nitrogens is 1. The molecular formula is C23H21Cl2F2N3O4S. The van der Waals surface area contributed by atoms with E-state index in [9.17, 15) is 22.0 Å². The molecule has 0 spiro atoms. The van der Waals surface area contributed by atoms with E-state index in [1.165, 1.54) is 13.2 Å². The molecule has 0 saturated heterocycles. The van der Waals surface area contributed by atoms with E-state index in [2.05, 4.69) is 10.3 Å². The summed E-state index contributed by atoms with van der Waals surface area (Å²) in [5, 5.41) is 1.31. The van der Waals surface area contributed by atoms with Crippen molar-refractivity contribution in [1.29, 1.82) is 0 Å². The molecule has 0 fully saturated rings. The van der Waals surface area contributed by atoms with Crippen molar-refractivity contribution in [2.75, 3.05) is 22.5 Å². The Morgan fingerprint density at radius 1 is 1.11 bits per heavy atom. The van der Waals surface area contributed by atoms with Crippen molar-refractivity contribution in [1.82, 2.24) is 4.98 Å². The van der Waals surface area contributed by atoms with E-state index < -0.39 is 44.0 Å². The summed E-state index contributed by atoms with van der Waals surface area (Å²) >= 11 is 12.0. The minimum Gasteiger partial charge on any atom is -0.497 e. The van der Waals surface area contributed by atoms with Crippen molar-refractivity contribution >= 4 is 50.5 Å². The fraction of sp³-hybridized carbons (Fsp3) is 0.217. The van der Waals surface area contributed by atoms with Crippen molar-refractivity contribution in [3.05, 3.63) is 81.6 Å². The molecule has 35 heavy (non-hydrogen) atoms. The summed E-state index contributed by atoms with van der Waals surface area (Å²) in [6, 6.07) is 9.95. The number of benzene rings is 2. The van der Waals surface area contributed by atoms with Gasteiger partial charge < -0.3 is 10.1 Å². The quantitative estimate of drug-likeness (QED) is 0.351. The highest BCUT2D eigenvalue weighted by atomic mass is 35.5. The van der Waals surface area contributed by atoms with E-state index >= 15 is 0 Å². The molecule has 2 aromatic carbocycles. The van der Waals surface area contributed by atoms with E-state index in [4.69, 9.17) is 27.9 Å². The summed E-state index contributed by atoms with van der Waals surface area (Å²) < 4.78 is 61.3. The first-order chi connectivity index (χ1) is 16.6. The molecule has 0 radical (unpaired) electrons. The first-order valence-electron chi connectivity index (χ1n) is 10.3. The SMILES string of the molecule is CCCS(=O)(=O)N(Cc1ccc(OC)cc1)c1ccc(F)c(NC(=O)c2ccnc(Cl)c2F)c1Cl. The molecule has 0 unspecified atom stereocenters. The molecule has 0 bridgehead atoms. The number of amides is 1. The molecule has 0 aliphatic rings. The largest absolute Gasteiger partial charge is 0.497 e. The Kier molecular flexibility index (Phi) is 8.52. The maximum Gasteiger partial charge on any atom is 0.258 e. The molecule has 3 aromatic rings. The number of rotatable bonds is 9. The van der Waals surface area contributed by atoms with Gasteiger partial charge in [-0.3, -0.25) is 9.10 Å². The fourth-order valence-corrected chi connectivity index (χ4v) is 5.27. The average molecular weight is 544 g/mol. The van der Waals surface area contributed by atoms with Gasteiger partial charge in [0.2, 0.25) is 10.0 Å². The number of nitrogens with zero attached hydrogens (tertiary/aromatic N) is 2. The zero-order chi connectivity index (χ0) is 25.8. The number of carbonyl (C=O) groups excluding carboxylic acids is 1. The van der Waals surface area contributed by atoms with Gasteiger partial charge in [0, 0.05) is 6.20 Å². The van der Waals surface area contributed by atoms with Crippen LogP contribution in [0.2, 0.25) is 10.2 Å². The van der Waals surface area contributed by atoms with Crippen molar-refractivity contribution in [3.63, 3.8) is 0 Å². The molecule has 0 aliphatic heterocycles. The average Bonchev–Trinajstić information content (AvgIpc) is 2.82. The number of ether oxygens (including phenoxy) is 1. The van der Waals surface area contributed by atoms with E-state index in [1.807, 2.05) is 0 Å². The van der Waals surface area contributed by atoms with Crippen molar-refractivity contribution in [2.45, 2.75) is 19.9 Å². The standard InChI is InChI=1S/C23H21Cl2F2N3O4S/c1-3-12-35(32,33)30(13-14-4-6-15(34-2)7-5-14)18-9-8-17(26)21(19(18)24)29-23(31)16-10-11-28-22(25)20(16)27/h4-11H,3,12-13H2,1-2H3,(H,29,31). The summed E-state index contributed by atoms with van der Waals surface area (Å²) in [7, 11) is -2.38. The number of hydrogen-bond donors (Lipinski definition) is 1. The highest BCUT2D eigenvalue weighted by Gasteiger charge is 2.27. The monoisotopic (exact) mass is 543 g/mol. The molecular weight excluding hydrogens is 523 g/mol. The van der Waals surface area contributed by atoms with Crippen molar-refractivity contribution in [3.8, 4) is 5.75 Å². The number of nitrogens with one attached hydrogen (secondary N) is 1. The van der Waals surface area contributed by atoms with Crippen LogP contribution < -0.4 is 14.4 Å². The highest BCUT2D eigenvalue weighted by molar-refractivity contribution is 7.92. The Labute approximate surface area is 211 Å². The molecule has 1 aromatic heterocycles. The van der Waals surface area contributed by atoms with Crippen LogP contribution in [0.1, 0.15) is 29.3 Å². The zero-order valence-corrected chi connectivity index (χ0v) is 21.0. The topological polar surface area (TPSA) is 88.6 Å². The van der Waals surface area contributed by atoms with Gasteiger partial charge in [-0.25, -0.2) is 22.2 Å². The van der Waals surface area contributed by atoms with Crippen LogP contribution in [0, 0.1) is 11.6 Å². The van der Waals surface area contributed by atoms with E-state index in [0.717, 1.165) is 22.6 Å². The molecule has 1 N–H and O–H groups in total. The predicted octanol–water partition coefficient (Wildman–Crippen LogP) is 5.67. The first-order valence-corrected chi connectivity index (χ1v) is 12.7. The summed E-state index contributed by atoms with van der Waals surface area (Å²) in [5.74, 6) is -2.68. The fourth-order valence-electron chi connectivity index (χ4n) is 3.22. The van der Waals surface area contributed by atoms with Gasteiger partial charge in [0.15, 0.2) is 11.0 Å². The van der Waals surface area contributed by atoms with Crippen molar-refractivity contribution in [2.24, 2.45) is 0 Å². The van der Waals surface area contributed by atoms with Gasteiger partial charge in [-0.1, -0.05) is 42.3 Å². The number of carbonyl (C=O) groups is 1. The van der Waals surface area contributed by atoms with Gasteiger partial charge in [-0.2, -0.15) is 0 Å². The summed E-state index contributed by atoms with van der Waals surface area (Å²) in [5.41, 5.74) is -0.432. The normalized spacial score (nSPS) is 11.3. The summed E-state index contributed by atoms with van der Waals surface area (Å²) in [4.78, 5) is 16.1. The van der Waals surface area contributed by atoms with Crippen LogP contribution in [-0.2, 0) is 16.6 Å². The van der Waals surface area contributed by atoms with Crippen LogP contribution >= 0.6 is 23.2 Å². The van der Waals surface area contributed by atoms with Gasteiger partial charge >= 0.3 is 0 Å². The van der Waals surface area contributed by atoms with Crippen LogP contribution in [-0.4, -0.2) is 32.2 Å². The Hall–Kier alpha value is -2.95. The smallest absolute Gasteiger partial charge is 0.258 e. The maximum absolute atomic E-state index is 14.7. The van der Waals surface area contributed by atoms with Gasteiger partial charge in [-0.05, 0) is 42.3 Å². The predicted molar refractivity (Wildman–Crippen MR) is 132 cm³/mol. The van der Waals surface area contributed by atoms with Crippen molar-refractivity contribution < 1.29 is 26.7 Å². The number of sulfonamides is 1. The Balaban J connectivity index is 2.04. The minimum absolute atomic E-state index is 0.0548. The van der Waals surface area contributed by atoms with Gasteiger partial charge in [0.25, 0.3) is 5.91 Å².